The molecule has 0 atom stereocenters. The lowest BCUT2D eigenvalue weighted by Crippen LogP contribution is -2.22. The summed E-state index contributed by atoms with van der Waals surface area (Å²) in [5, 5.41) is 9.47. The molecule has 0 heterocycles. The number of ether oxygens (including phenoxy) is 3. The van der Waals surface area contributed by atoms with Gasteiger partial charge in [0.15, 0.2) is 0 Å². The number of benzene rings is 1. The Kier molecular flexibility index (Phi) is 3.66. The molecule has 1 N–H and O–H groups in total. The van der Waals surface area contributed by atoms with Crippen LogP contribution in [0.4, 0.5) is 0 Å². The van der Waals surface area contributed by atoms with E-state index in [1.54, 1.807) is 20.3 Å². The number of hydrogen-bond acceptors (Lipinski definition) is 4. The molecule has 104 valence electrons. The zero-order valence-electron chi connectivity index (χ0n) is 11.4. The smallest absolute Gasteiger partial charge is 0.314 e. The Bertz CT molecular complexity index is 491. The average molecular weight is 266 g/mol. The van der Waals surface area contributed by atoms with Crippen molar-refractivity contribution < 1.29 is 24.1 Å². The van der Waals surface area contributed by atoms with Gasteiger partial charge in [0, 0.05) is 18.7 Å². The molecule has 5 heteroatoms. The zero-order chi connectivity index (χ0) is 14.0. The first-order chi connectivity index (χ1) is 9.08. The molecule has 0 radical (unpaired) electrons. The Morgan fingerprint density at radius 1 is 1.26 bits per heavy atom. The maximum absolute atomic E-state index is 11.5. The van der Waals surface area contributed by atoms with Crippen LogP contribution in [-0.4, -0.2) is 32.4 Å². The third kappa shape index (κ3) is 2.26. The van der Waals surface area contributed by atoms with E-state index in [0.717, 1.165) is 5.56 Å². The standard InChI is InChI=1S/C14H18O5/c1-17-8-9-6-10(18-2)7-11(19-3)12(9)14(4-5-14)13(15)16/h6-7H,4-5,8H2,1-3H3,(H,15,16). The summed E-state index contributed by atoms with van der Waals surface area (Å²) in [7, 11) is 4.68. The maximum atomic E-state index is 11.5. The van der Waals surface area contributed by atoms with Gasteiger partial charge < -0.3 is 19.3 Å². The minimum atomic E-state index is -0.828. The summed E-state index contributed by atoms with van der Waals surface area (Å²) in [5.41, 5.74) is 0.689. The number of carboxylic acids is 1. The van der Waals surface area contributed by atoms with Crippen molar-refractivity contribution in [3.63, 3.8) is 0 Å². The highest BCUT2D eigenvalue weighted by Crippen LogP contribution is 2.53. The van der Waals surface area contributed by atoms with Crippen molar-refractivity contribution in [2.45, 2.75) is 24.9 Å². The molecule has 1 aromatic carbocycles. The van der Waals surface area contributed by atoms with Crippen LogP contribution in [0.3, 0.4) is 0 Å². The van der Waals surface area contributed by atoms with Crippen LogP contribution < -0.4 is 9.47 Å². The molecule has 0 aliphatic heterocycles. The number of rotatable bonds is 6. The van der Waals surface area contributed by atoms with Crippen LogP contribution in [0.1, 0.15) is 24.0 Å². The fourth-order valence-corrected chi connectivity index (χ4v) is 2.43. The third-order valence-corrected chi connectivity index (χ3v) is 3.55. The van der Waals surface area contributed by atoms with E-state index >= 15 is 0 Å². The highest BCUT2D eigenvalue weighted by Gasteiger charge is 2.54. The Balaban J connectivity index is 2.59. The second-order valence-electron chi connectivity index (χ2n) is 4.68. The molecule has 0 amide bonds. The molecule has 0 aromatic heterocycles. The number of carboxylic acid groups (broad SMARTS) is 1. The van der Waals surface area contributed by atoms with Crippen LogP contribution in [0.15, 0.2) is 12.1 Å². The van der Waals surface area contributed by atoms with Gasteiger partial charge in [0.25, 0.3) is 0 Å². The molecule has 0 unspecified atom stereocenters. The van der Waals surface area contributed by atoms with Crippen LogP contribution >= 0.6 is 0 Å². The number of carbonyl (C=O) groups is 1. The van der Waals surface area contributed by atoms with Crippen molar-refractivity contribution in [3.05, 3.63) is 23.3 Å². The van der Waals surface area contributed by atoms with Gasteiger partial charge in [-0.05, 0) is 24.5 Å². The second-order valence-corrected chi connectivity index (χ2v) is 4.68. The topological polar surface area (TPSA) is 65.0 Å². The molecule has 1 aromatic rings. The molecule has 19 heavy (non-hydrogen) atoms. The largest absolute Gasteiger partial charge is 0.497 e. The summed E-state index contributed by atoms with van der Waals surface area (Å²) in [5.74, 6) is 0.369. The van der Waals surface area contributed by atoms with Crippen molar-refractivity contribution in [2.24, 2.45) is 0 Å². The van der Waals surface area contributed by atoms with Gasteiger partial charge in [-0.15, -0.1) is 0 Å². The lowest BCUT2D eigenvalue weighted by atomic mass is 9.90. The summed E-state index contributed by atoms with van der Waals surface area (Å²) in [6, 6.07) is 3.53. The van der Waals surface area contributed by atoms with Crippen LogP contribution in [0.25, 0.3) is 0 Å². The van der Waals surface area contributed by atoms with E-state index in [1.165, 1.54) is 7.11 Å². The van der Waals surface area contributed by atoms with Crippen molar-refractivity contribution in [2.75, 3.05) is 21.3 Å². The Morgan fingerprint density at radius 3 is 2.37 bits per heavy atom. The average Bonchev–Trinajstić information content (AvgIpc) is 3.19. The van der Waals surface area contributed by atoms with E-state index in [4.69, 9.17) is 14.2 Å². The number of hydrogen-bond donors (Lipinski definition) is 1. The summed E-state index contributed by atoms with van der Waals surface area (Å²) in [6.45, 7) is 0.331. The first-order valence-electron chi connectivity index (χ1n) is 6.06. The van der Waals surface area contributed by atoms with Crippen molar-refractivity contribution in [3.8, 4) is 11.5 Å². The van der Waals surface area contributed by atoms with Crippen molar-refractivity contribution in [1.29, 1.82) is 0 Å². The minimum absolute atomic E-state index is 0.331. The Labute approximate surface area is 112 Å². The minimum Gasteiger partial charge on any atom is -0.497 e. The molecule has 2 rings (SSSR count). The molecule has 0 bridgehead atoms. The fourth-order valence-electron chi connectivity index (χ4n) is 2.43. The maximum Gasteiger partial charge on any atom is 0.314 e. The van der Waals surface area contributed by atoms with Gasteiger partial charge in [-0.3, -0.25) is 4.79 Å². The SMILES string of the molecule is COCc1cc(OC)cc(OC)c1C1(C(=O)O)CC1. The Morgan fingerprint density at radius 2 is 1.95 bits per heavy atom. The molecule has 0 saturated heterocycles. The number of aliphatic carboxylic acids is 1. The molecule has 0 spiro atoms. The summed E-state index contributed by atoms with van der Waals surface area (Å²) in [6.07, 6.45) is 1.25. The highest BCUT2D eigenvalue weighted by molar-refractivity contribution is 5.86. The van der Waals surface area contributed by atoms with E-state index in [1.807, 2.05) is 6.07 Å². The van der Waals surface area contributed by atoms with Gasteiger partial charge in [-0.2, -0.15) is 0 Å². The predicted molar refractivity (Wildman–Crippen MR) is 68.8 cm³/mol. The molecule has 1 aliphatic rings. The third-order valence-electron chi connectivity index (χ3n) is 3.55. The fraction of sp³-hybridized carbons (Fsp3) is 0.500. The molecule has 1 fully saturated rings. The predicted octanol–water partition coefficient (Wildman–Crippen LogP) is 1.97. The van der Waals surface area contributed by atoms with Crippen molar-refractivity contribution >= 4 is 5.97 Å². The first-order valence-corrected chi connectivity index (χ1v) is 6.06. The van der Waals surface area contributed by atoms with Crippen LogP contribution in [0.5, 0.6) is 11.5 Å². The van der Waals surface area contributed by atoms with Gasteiger partial charge in [-0.1, -0.05) is 0 Å². The van der Waals surface area contributed by atoms with Crippen molar-refractivity contribution in [1.82, 2.24) is 0 Å². The molecule has 1 saturated carbocycles. The van der Waals surface area contributed by atoms with E-state index in [9.17, 15) is 9.90 Å². The van der Waals surface area contributed by atoms with E-state index in [0.29, 0.717) is 36.5 Å². The number of methoxy groups -OCH3 is 3. The molecular formula is C14H18O5. The second kappa shape index (κ2) is 5.09. The molecular weight excluding hydrogens is 248 g/mol. The summed E-state index contributed by atoms with van der Waals surface area (Å²) >= 11 is 0. The highest BCUT2D eigenvalue weighted by atomic mass is 16.5. The summed E-state index contributed by atoms with van der Waals surface area (Å²) in [4.78, 5) is 11.5. The van der Waals surface area contributed by atoms with E-state index < -0.39 is 11.4 Å². The molecule has 5 nitrogen and oxygen atoms in total. The first kappa shape index (κ1) is 13.7. The summed E-state index contributed by atoms with van der Waals surface area (Å²) < 4.78 is 15.7. The van der Waals surface area contributed by atoms with Crippen LogP contribution in [0, 0.1) is 0 Å². The monoisotopic (exact) mass is 266 g/mol. The quantitative estimate of drug-likeness (QED) is 0.852. The Hall–Kier alpha value is -1.75. The van der Waals surface area contributed by atoms with Gasteiger partial charge in [0.05, 0.1) is 26.2 Å². The normalized spacial score (nSPS) is 15.9. The van der Waals surface area contributed by atoms with Gasteiger partial charge in [0.1, 0.15) is 11.5 Å². The lowest BCUT2D eigenvalue weighted by Gasteiger charge is -2.20. The zero-order valence-corrected chi connectivity index (χ0v) is 11.4. The van der Waals surface area contributed by atoms with Gasteiger partial charge in [-0.25, -0.2) is 0 Å². The van der Waals surface area contributed by atoms with E-state index in [-0.39, 0.29) is 0 Å². The van der Waals surface area contributed by atoms with Crippen LogP contribution in [-0.2, 0) is 21.6 Å². The van der Waals surface area contributed by atoms with Gasteiger partial charge >= 0.3 is 5.97 Å². The van der Waals surface area contributed by atoms with E-state index in [2.05, 4.69) is 0 Å². The molecule has 1 aliphatic carbocycles. The van der Waals surface area contributed by atoms with Gasteiger partial charge in [0.2, 0.25) is 0 Å². The van der Waals surface area contributed by atoms with Crippen LogP contribution in [0.2, 0.25) is 0 Å². The lowest BCUT2D eigenvalue weighted by molar-refractivity contribution is -0.140.